The van der Waals surface area contributed by atoms with Crippen molar-refractivity contribution >= 4 is 22.6 Å². The van der Waals surface area contributed by atoms with Gasteiger partial charge in [0, 0.05) is 7.05 Å². The largest absolute Gasteiger partial charge is 0.478 e. The van der Waals surface area contributed by atoms with Crippen LogP contribution in [0.5, 0.6) is 5.88 Å². The van der Waals surface area contributed by atoms with E-state index >= 15 is 0 Å². The summed E-state index contributed by atoms with van der Waals surface area (Å²) in [6.07, 6.45) is 1.30. The Hall–Kier alpha value is -2.64. The molecular weight excluding hydrogens is 262 g/mol. The van der Waals surface area contributed by atoms with Gasteiger partial charge in [-0.3, -0.25) is 0 Å². The minimum absolute atomic E-state index is 0.0571. The minimum atomic E-state index is -1.07. The molecule has 0 aromatic carbocycles. The molecule has 1 N–H and O–H groups in total. The zero-order valence-electron chi connectivity index (χ0n) is 11.3. The van der Waals surface area contributed by atoms with Gasteiger partial charge in [-0.05, 0) is 13.8 Å². The first-order chi connectivity index (χ1) is 9.54. The van der Waals surface area contributed by atoms with Crippen LogP contribution in [0.15, 0.2) is 6.20 Å². The Bertz CT molecular complexity index is 833. The number of aromatic nitrogens is 5. The predicted molar refractivity (Wildman–Crippen MR) is 70.1 cm³/mol. The number of carboxylic acid groups (broad SMARTS) is 1. The Morgan fingerprint density at radius 1 is 1.50 bits per heavy atom. The van der Waals surface area contributed by atoms with Gasteiger partial charge >= 0.3 is 5.97 Å². The Morgan fingerprint density at radius 3 is 2.90 bits per heavy atom. The van der Waals surface area contributed by atoms with E-state index in [0.717, 1.165) is 5.69 Å². The Labute approximate surface area is 113 Å². The molecule has 8 nitrogen and oxygen atoms in total. The molecule has 0 spiro atoms. The number of hydrogen-bond donors (Lipinski definition) is 1. The van der Waals surface area contributed by atoms with Gasteiger partial charge in [0.25, 0.3) is 0 Å². The molecule has 0 saturated heterocycles. The summed E-state index contributed by atoms with van der Waals surface area (Å²) < 4.78 is 8.60. The van der Waals surface area contributed by atoms with E-state index in [2.05, 4.69) is 15.2 Å². The van der Waals surface area contributed by atoms with Crippen LogP contribution in [0.3, 0.4) is 0 Å². The van der Waals surface area contributed by atoms with Crippen LogP contribution in [0.4, 0.5) is 0 Å². The molecule has 3 aromatic rings. The van der Waals surface area contributed by atoms with Gasteiger partial charge in [-0.2, -0.15) is 10.2 Å². The summed E-state index contributed by atoms with van der Waals surface area (Å²) in [7, 11) is 1.76. The molecule has 0 aliphatic heterocycles. The van der Waals surface area contributed by atoms with Crippen molar-refractivity contribution in [1.82, 2.24) is 24.4 Å². The average molecular weight is 275 g/mol. The van der Waals surface area contributed by atoms with Crippen molar-refractivity contribution in [2.45, 2.75) is 13.8 Å². The van der Waals surface area contributed by atoms with Crippen LogP contribution in [0.25, 0.3) is 16.7 Å². The van der Waals surface area contributed by atoms with E-state index in [1.165, 1.54) is 10.7 Å². The van der Waals surface area contributed by atoms with Crippen molar-refractivity contribution in [2.75, 3.05) is 6.61 Å². The van der Waals surface area contributed by atoms with E-state index in [1.54, 1.807) is 11.7 Å². The third-order valence-corrected chi connectivity index (χ3v) is 3.06. The first-order valence-electron chi connectivity index (χ1n) is 6.11. The number of rotatable bonds is 3. The maximum absolute atomic E-state index is 11.3. The molecule has 3 heterocycles. The molecule has 0 radical (unpaired) electrons. The number of nitrogens with zero attached hydrogens (tertiary/aromatic N) is 5. The molecule has 0 aliphatic carbocycles. The summed E-state index contributed by atoms with van der Waals surface area (Å²) in [5.74, 6) is -0.813. The molecule has 0 atom stereocenters. The Balaban J connectivity index is 2.51. The molecule has 3 rings (SSSR count). The molecule has 0 unspecified atom stereocenters. The number of aromatic carboxylic acids is 1. The Kier molecular flexibility index (Phi) is 2.60. The van der Waals surface area contributed by atoms with Crippen molar-refractivity contribution in [3.8, 4) is 5.88 Å². The number of aryl methyl sites for hydroxylation is 2. The number of hydrogen-bond acceptors (Lipinski definition) is 5. The second kappa shape index (κ2) is 4.19. The van der Waals surface area contributed by atoms with E-state index in [-0.39, 0.29) is 11.4 Å². The van der Waals surface area contributed by atoms with Crippen LogP contribution in [0, 0.1) is 6.92 Å². The van der Waals surface area contributed by atoms with Crippen LogP contribution in [-0.2, 0) is 7.05 Å². The van der Waals surface area contributed by atoms with Gasteiger partial charge in [0.05, 0.1) is 18.5 Å². The van der Waals surface area contributed by atoms with Crippen LogP contribution < -0.4 is 4.74 Å². The summed E-state index contributed by atoms with van der Waals surface area (Å²) in [5.41, 5.74) is 2.41. The van der Waals surface area contributed by atoms with Crippen molar-refractivity contribution in [2.24, 2.45) is 7.05 Å². The molecule has 0 amide bonds. The number of ether oxygens (including phenoxy) is 1. The van der Waals surface area contributed by atoms with Gasteiger partial charge in [0.15, 0.2) is 5.65 Å². The third kappa shape index (κ3) is 1.54. The zero-order chi connectivity index (χ0) is 14.4. The second-order valence-corrected chi connectivity index (χ2v) is 4.36. The lowest BCUT2D eigenvalue weighted by molar-refractivity contribution is 0.0698. The summed E-state index contributed by atoms with van der Waals surface area (Å²) >= 11 is 0. The molecule has 0 fully saturated rings. The molecule has 0 bridgehead atoms. The van der Waals surface area contributed by atoms with Crippen molar-refractivity contribution in [3.63, 3.8) is 0 Å². The van der Waals surface area contributed by atoms with Crippen molar-refractivity contribution in [3.05, 3.63) is 17.5 Å². The van der Waals surface area contributed by atoms with Crippen molar-refractivity contribution in [1.29, 1.82) is 0 Å². The first-order valence-corrected chi connectivity index (χ1v) is 6.11. The SMILES string of the molecule is CCOc1nc2c(C)nn(C)c2n2ncc(C(=O)O)c12. The van der Waals surface area contributed by atoms with E-state index in [0.29, 0.717) is 23.3 Å². The molecule has 0 aliphatic rings. The predicted octanol–water partition coefficient (Wildman–Crippen LogP) is 1.02. The molecule has 8 heteroatoms. The highest BCUT2D eigenvalue weighted by atomic mass is 16.5. The maximum atomic E-state index is 11.3. The summed E-state index contributed by atoms with van der Waals surface area (Å²) in [5, 5.41) is 17.7. The standard InChI is InChI=1S/C12H13N5O3/c1-4-20-10-9-7(12(18)19)5-13-17(9)11-8(14-10)6(2)15-16(11)3/h5H,4H2,1-3H3,(H,18,19). The number of carbonyl (C=O) groups is 1. The van der Waals surface area contributed by atoms with Crippen LogP contribution in [0.1, 0.15) is 23.0 Å². The third-order valence-electron chi connectivity index (χ3n) is 3.06. The highest BCUT2D eigenvalue weighted by Gasteiger charge is 2.22. The van der Waals surface area contributed by atoms with Gasteiger partial charge in [0.1, 0.15) is 16.6 Å². The normalized spacial score (nSPS) is 11.3. The van der Waals surface area contributed by atoms with E-state index in [1.807, 2.05) is 13.8 Å². The van der Waals surface area contributed by atoms with Gasteiger partial charge in [0.2, 0.25) is 5.88 Å². The van der Waals surface area contributed by atoms with Crippen LogP contribution >= 0.6 is 0 Å². The van der Waals surface area contributed by atoms with Crippen LogP contribution in [-0.4, -0.2) is 42.1 Å². The van der Waals surface area contributed by atoms with Crippen molar-refractivity contribution < 1.29 is 14.6 Å². The maximum Gasteiger partial charge on any atom is 0.339 e. The quantitative estimate of drug-likeness (QED) is 0.767. The molecule has 104 valence electrons. The first kappa shape index (κ1) is 12.4. The zero-order valence-corrected chi connectivity index (χ0v) is 11.3. The fourth-order valence-electron chi connectivity index (χ4n) is 2.27. The summed E-state index contributed by atoms with van der Waals surface area (Å²) in [6.45, 7) is 4.03. The van der Waals surface area contributed by atoms with Gasteiger partial charge in [-0.1, -0.05) is 0 Å². The fourth-order valence-corrected chi connectivity index (χ4v) is 2.27. The number of fused-ring (bicyclic) bond motifs is 3. The summed E-state index contributed by atoms with van der Waals surface area (Å²) in [6, 6.07) is 0. The topological polar surface area (TPSA) is 94.5 Å². The van der Waals surface area contributed by atoms with E-state index < -0.39 is 5.97 Å². The lowest BCUT2D eigenvalue weighted by atomic mass is 10.3. The van der Waals surface area contributed by atoms with E-state index in [4.69, 9.17) is 4.74 Å². The second-order valence-electron chi connectivity index (χ2n) is 4.36. The van der Waals surface area contributed by atoms with Gasteiger partial charge in [-0.25, -0.2) is 19.0 Å². The smallest absolute Gasteiger partial charge is 0.339 e. The lowest BCUT2D eigenvalue weighted by Crippen LogP contribution is -2.05. The monoisotopic (exact) mass is 275 g/mol. The molecule has 20 heavy (non-hydrogen) atoms. The van der Waals surface area contributed by atoms with Gasteiger partial charge in [-0.15, -0.1) is 0 Å². The van der Waals surface area contributed by atoms with Gasteiger partial charge < -0.3 is 9.84 Å². The fraction of sp³-hybridized carbons (Fsp3) is 0.333. The molecule has 0 saturated carbocycles. The van der Waals surface area contributed by atoms with E-state index in [9.17, 15) is 9.90 Å². The Morgan fingerprint density at radius 2 is 2.25 bits per heavy atom. The minimum Gasteiger partial charge on any atom is -0.478 e. The number of carboxylic acids is 1. The molecule has 3 aromatic heterocycles. The highest BCUT2D eigenvalue weighted by molar-refractivity contribution is 5.98. The van der Waals surface area contributed by atoms with Crippen LogP contribution in [0.2, 0.25) is 0 Å². The average Bonchev–Trinajstić information content (AvgIpc) is 2.93. The highest BCUT2D eigenvalue weighted by Crippen LogP contribution is 2.27. The lowest BCUT2D eigenvalue weighted by Gasteiger charge is -2.06. The molecular formula is C12H13N5O3. The summed E-state index contributed by atoms with van der Waals surface area (Å²) in [4.78, 5) is 15.7.